The van der Waals surface area contributed by atoms with Crippen molar-refractivity contribution >= 4 is 17.1 Å². The molecule has 0 spiro atoms. The van der Waals surface area contributed by atoms with Crippen molar-refractivity contribution in [1.29, 1.82) is 0 Å². The monoisotopic (exact) mass is 263 g/mol. The van der Waals surface area contributed by atoms with Crippen LogP contribution in [0.25, 0.3) is 5.52 Å². The van der Waals surface area contributed by atoms with Crippen LogP contribution < -0.4 is 4.90 Å². The SMILES string of the molecule is O=C(c1ccn2cncc2c1)N1CCc2ccccc21. The van der Waals surface area contributed by atoms with Gasteiger partial charge in [-0.2, -0.15) is 0 Å². The molecular formula is C16H13N3O. The Morgan fingerprint density at radius 3 is 3.05 bits per heavy atom. The number of para-hydroxylation sites is 1. The van der Waals surface area contributed by atoms with Crippen LogP contribution >= 0.6 is 0 Å². The van der Waals surface area contributed by atoms with Gasteiger partial charge in [-0.15, -0.1) is 0 Å². The van der Waals surface area contributed by atoms with E-state index in [1.54, 1.807) is 12.5 Å². The molecule has 0 saturated heterocycles. The van der Waals surface area contributed by atoms with Crippen molar-refractivity contribution in [1.82, 2.24) is 9.38 Å². The number of anilines is 1. The lowest BCUT2D eigenvalue weighted by Crippen LogP contribution is -2.28. The summed E-state index contributed by atoms with van der Waals surface area (Å²) in [4.78, 5) is 18.6. The van der Waals surface area contributed by atoms with E-state index in [-0.39, 0.29) is 5.91 Å². The summed E-state index contributed by atoms with van der Waals surface area (Å²) >= 11 is 0. The number of benzene rings is 1. The van der Waals surface area contributed by atoms with Gasteiger partial charge in [0.25, 0.3) is 5.91 Å². The molecule has 20 heavy (non-hydrogen) atoms. The molecule has 0 fully saturated rings. The quantitative estimate of drug-likeness (QED) is 0.676. The third-order valence-electron chi connectivity index (χ3n) is 3.79. The molecule has 0 N–H and O–H groups in total. The van der Waals surface area contributed by atoms with Gasteiger partial charge in [0.1, 0.15) is 0 Å². The molecule has 1 aliphatic heterocycles. The number of carbonyl (C=O) groups excluding carboxylic acids is 1. The maximum atomic E-state index is 12.7. The minimum absolute atomic E-state index is 0.0543. The Morgan fingerprint density at radius 2 is 2.10 bits per heavy atom. The number of hydrogen-bond acceptors (Lipinski definition) is 2. The maximum absolute atomic E-state index is 12.7. The van der Waals surface area contributed by atoms with E-state index in [0.29, 0.717) is 5.56 Å². The zero-order chi connectivity index (χ0) is 13.5. The van der Waals surface area contributed by atoms with Crippen molar-refractivity contribution in [3.63, 3.8) is 0 Å². The van der Waals surface area contributed by atoms with E-state index in [4.69, 9.17) is 0 Å². The maximum Gasteiger partial charge on any atom is 0.258 e. The lowest BCUT2D eigenvalue weighted by Gasteiger charge is -2.17. The third kappa shape index (κ3) is 1.61. The van der Waals surface area contributed by atoms with Gasteiger partial charge in [0.15, 0.2) is 0 Å². The van der Waals surface area contributed by atoms with Gasteiger partial charge in [0, 0.05) is 24.0 Å². The van der Waals surface area contributed by atoms with Crippen LogP contribution in [0.5, 0.6) is 0 Å². The molecule has 2 aromatic heterocycles. The number of aromatic nitrogens is 2. The fourth-order valence-electron chi connectivity index (χ4n) is 2.76. The second kappa shape index (κ2) is 4.20. The molecule has 0 atom stereocenters. The molecule has 4 rings (SSSR count). The van der Waals surface area contributed by atoms with Gasteiger partial charge >= 0.3 is 0 Å². The number of fused-ring (bicyclic) bond motifs is 2. The number of imidazole rings is 1. The summed E-state index contributed by atoms with van der Waals surface area (Å²) in [5.41, 5.74) is 3.91. The number of pyridine rings is 1. The normalized spacial score (nSPS) is 13.7. The van der Waals surface area contributed by atoms with E-state index >= 15 is 0 Å². The molecule has 4 nitrogen and oxygen atoms in total. The third-order valence-corrected chi connectivity index (χ3v) is 3.79. The molecule has 0 saturated carbocycles. The lowest BCUT2D eigenvalue weighted by atomic mass is 10.1. The Hall–Kier alpha value is -2.62. The number of amides is 1. The molecule has 1 amide bonds. The van der Waals surface area contributed by atoms with Crippen LogP contribution in [0.3, 0.4) is 0 Å². The topological polar surface area (TPSA) is 37.6 Å². The van der Waals surface area contributed by atoms with Crippen molar-refractivity contribution in [2.75, 3.05) is 11.4 Å². The average Bonchev–Trinajstić information content (AvgIpc) is 3.12. The van der Waals surface area contributed by atoms with Crippen LogP contribution in [0.15, 0.2) is 55.1 Å². The summed E-state index contributed by atoms with van der Waals surface area (Å²) < 4.78 is 1.90. The predicted molar refractivity (Wildman–Crippen MR) is 77.0 cm³/mol. The minimum atomic E-state index is 0.0543. The van der Waals surface area contributed by atoms with Gasteiger partial charge in [0.05, 0.1) is 18.0 Å². The summed E-state index contributed by atoms with van der Waals surface area (Å²) in [6.07, 6.45) is 6.29. The van der Waals surface area contributed by atoms with E-state index in [0.717, 1.165) is 24.2 Å². The van der Waals surface area contributed by atoms with Crippen LogP contribution in [-0.4, -0.2) is 21.8 Å². The molecule has 0 unspecified atom stereocenters. The predicted octanol–water partition coefficient (Wildman–Crippen LogP) is 2.54. The molecule has 98 valence electrons. The second-order valence-corrected chi connectivity index (χ2v) is 4.98. The van der Waals surface area contributed by atoms with Crippen molar-refractivity contribution in [2.45, 2.75) is 6.42 Å². The molecule has 0 aliphatic carbocycles. The second-order valence-electron chi connectivity index (χ2n) is 4.98. The van der Waals surface area contributed by atoms with Gasteiger partial charge in [0.2, 0.25) is 0 Å². The number of carbonyl (C=O) groups is 1. The highest BCUT2D eigenvalue weighted by Crippen LogP contribution is 2.28. The van der Waals surface area contributed by atoms with Crippen molar-refractivity contribution in [3.05, 3.63) is 66.2 Å². The first-order valence-electron chi connectivity index (χ1n) is 6.64. The molecule has 3 aromatic rings. The van der Waals surface area contributed by atoms with Gasteiger partial charge in [-0.25, -0.2) is 4.98 Å². The van der Waals surface area contributed by atoms with Gasteiger partial charge in [-0.05, 0) is 30.2 Å². The molecule has 1 aliphatic rings. The fourth-order valence-corrected chi connectivity index (χ4v) is 2.76. The molecule has 3 heterocycles. The van der Waals surface area contributed by atoms with E-state index < -0.39 is 0 Å². The Kier molecular flexibility index (Phi) is 2.36. The van der Waals surface area contributed by atoms with Gasteiger partial charge in [-0.1, -0.05) is 18.2 Å². The summed E-state index contributed by atoms with van der Waals surface area (Å²) in [6, 6.07) is 11.8. The standard InChI is InChI=1S/C16H13N3O/c20-16(13-5-7-18-11-17-10-14(18)9-13)19-8-6-12-3-1-2-4-15(12)19/h1-5,7,9-11H,6,8H2. The van der Waals surface area contributed by atoms with Crippen LogP contribution in [0.1, 0.15) is 15.9 Å². The number of rotatable bonds is 1. The Labute approximate surface area is 116 Å². The Morgan fingerprint density at radius 1 is 1.20 bits per heavy atom. The highest BCUT2D eigenvalue weighted by atomic mass is 16.2. The van der Waals surface area contributed by atoms with E-state index in [1.807, 2.05) is 45.8 Å². The first-order valence-corrected chi connectivity index (χ1v) is 6.64. The smallest absolute Gasteiger partial charge is 0.258 e. The van der Waals surface area contributed by atoms with Crippen molar-refractivity contribution in [2.24, 2.45) is 0 Å². The first kappa shape index (κ1) is 11.2. The summed E-state index contributed by atoms with van der Waals surface area (Å²) in [5.74, 6) is 0.0543. The van der Waals surface area contributed by atoms with E-state index in [1.165, 1.54) is 5.56 Å². The number of hydrogen-bond donors (Lipinski definition) is 0. The zero-order valence-electron chi connectivity index (χ0n) is 10.9. The highest BCUT2D eigenvalue weighted by molar-refractivity contribution is 6.07. The molecular weight excluding hydrogens is 250 g/mol. The van der Waals surface area contributed by atoms with Crippen LogP contribution in [-0.2, 0) is 6.42 Å². The summed E-state index contributed by atoms with van der Waals surface area (Å²) in [5, 5.41) is 0. The van der Waals surface area contributed by atoms with Crippen molar-refractivity contribution in [3.8, 4) is 0 Å². The highest BCUT2D eigenvalue weighted by Gasteiger charge is 2.25. The summed E-state index contributed by atoms with van der Waals surface area (Å²) in [7, 11) is 0. The molecule has 0 bridgehead atoms. The van der Waals surface area contributed by atoms with Crippen molar-refractivity contribution < 1.29 is 4.79 Å². The zero-order valence-corrected chi connectivity index (χ0v) is 10.9. The van der Waals surface area contributed by atoms with E-state index in [9.17, 15) is 4.79 Å². The molecule has 0 radical (unpaired) electrons. The minimum Gasteiger partial charge on any atom is -0.308 e. The van der Waals surface area contributed by atoms with Gasteiger partial charge in [-0.3, -0.25) is 4.79 Å². The number of nitrogens with zero attached hydrogens (tertiary/aromatic N) is 3. The molecule has 4 heteroatoms. The summed E-state index contributed by atoms with van der Waals surface area (Å²) in [6.45, 7) is 0.753. The fraction of sp³-hybridized carbons (Fsp3) is 0.125. The Balaban J connectivity index is 1.74. The van der Waals surface area contributed by atoms with E-state index in [2.05, 4.69) is 11.1 Å². The largest absolute Gasteiger partial charge is 0.308 e. The average molecular weight is 263 g/mol. The lowest BCUT2D eigenvalue weighted by molar-refractivity contribution is 0.0989. The Bertz CT molecular complexity index is 806. The molecule has 1 aromatic carbocycles. The van der Waals surface area contributed by atoms with Gasteiger partial charge < -0.3 is 9.30 Å². The van der Waals surface area contributed by atoms with Crippen LogP contribution in [0, 0.1) is 0 Å². The first-order chi connectivity index (χ1) is 9.83. The van der Waals surface area contributed by atoms with Crippen LogP contribution in [0.4, 0.5) is 5.69 Å². The van der Waals surface area contributed by atoms with Crippen LogP contribution in [0.2, 0.25) is 0 Å².